The molecule has 0 bridgehead atoms. The van der Waals surface area contributed by atoms with E-state index >= 15 is 0 Å². The molecule has 1 heterocycles. The highest BCUT2D eigenvalue weighted by Gasteiger charge is 2.06. The quantitative estimate of drug-likeness (QED) is 0.783. The third-order valence-corrected chi connectivity index (χ3v) is 3.71. The molecule has 1 aromatic rings. The van der Waals surface area contributed by atoms with Gasteiger partial charge in [-0.15, -0.1) is 0 Å². The number of nitrogens with zero attached hydrogens (tertiary/aromatic N) is 2. The van der Waals surface area contributed by atoms with E-state index in [9.17, 15) is 0 Å². The van der Waals surface area contributed by atoms with Crippen LogP contribution < -0.4 is 10.6 Å². The summed E-state index contributed by atoms with van der Waals surface area (Å²) in [6, 6.07) is 0. The number of hydrogen-bond donors (Lipinski definition) is 2. The van der Waals surface area contributed by atoms with E-state index in [0.29, 0.717) is 5.25 Å². The first-order valence-corrected chi connectivity index (χ1v) is 7.30. The zero-order chi connectivity index (χ0) is 12.7. The summed E-state index contributed by atoms with van der Waals surface area (Å²) in [4.78, 5) is 8.50. The van der Waals surface area contributed by atoms with E-state index in [1.165, 1.54) is 0 Å². The molecule has 0 radical (unpaired) electrons. The van der Waals surface area contributed by atoms with Gasteiger partial charge in [0.15, 0.2) is 0 Å². The lowest BCUT2D eigenvalue weighted by Crippen LogP contribution is -2.11. The lowest BCUT2D eigenvalue weighted by Gasteiger charge is -2.13. The second-order valence-corrected chi connectivity index (χ2v) is 5.26. The van der Waals surface area contributed by atoms with Crippen molar-refractivity contribution in [2.45, 2.75) is 32.4 Å². The molecule has 1 rings (SSSR count). The van der Waals surface area contributed by atoms with Crippen molar-refractivity contribution < 1.29 is 0 Å². The Morgan fingerprint density at radius 2 is 1.94 bits per heavy atom. The third-order valence-electron chi connectivity index (χ3n) is 2.67. The summed E-state index contributed by atoms with van der Waals surface area (Å²) in [5.74, 6) is 1.85. The van der Waals surface area contributed by atoms with Gasteiger partial charge in [0.2, 0.25) is 0 Å². The van der Waals surface area contributed by atoms with Gasteiger partial charge in [0.05, 0.1) is 0 Å². The predicted molar refractivity (Wildman–Crippen MR) is 77.0 cm³/mol. The van der Waals surface area contributed by atoms with Gasteiger partial charge in [0.25, 0.3) is 0 Å². The molecule has 96 valence electrons. The number of hydrogen-bond acceptors (Lipinski definition) is 5. The molecule has 17 heavy (non-hydrogen) atoms. The topological polar surface area (TPSA) is 49.8 Å². The van der Waals surface area contributed by atoms with Crippen LogP contribution in [0.3, 0.4) is 0 Å². The van der Waals surface area contributed by atoms with E-state index in [0.717, 1.165) is 36.7 Å². The molecule has 0 aromatic carbocycles. The van der Waals surface area contributed by atoms with Gasteiger partial charge in [-0.05, 0) is 26.5 Å². The van der Waals surface area contributed by atoms with Gasteiger partial charge in [-0.1, -0.05) is 6.92 Å². The summed E-state index contributed by atoms with van der Waals surface area (Å²) < 4.78 is 0. The van der Waals surface area contributed by atoms with Crippen LogP contribution in [0, 0.1) is 6.92 Å². The first-order valence-electron chi connectivity index (χ1n) is 6.01. The number of anilines is 2. The van der Waals surface area contributed by atoms with Gasteiger partial charge < -0.3 is 10.6 Å². The molecule has 0 amide bonds. The van der Waals surface area contributed by atoms with E-state index in [4.69, 9.17) is 0 Å². The Morgan fingerprint density at radius 3 is 2.53 bits per heavy atom. The molecular weight excluding hydrogens is 232 g/mol. The minimum atomic E-state index is 0.679. The smallest absolute Gasteiger partial charge is 0.134 e. The Labute approximate surface area is 108 Å². The molecule has 1 unspecified atom stereocenters. The first kappa shape index (κ1) is 14.1. The fourth-order valence-electron chi connectivity index (χ4n) is 1.49. The average molecular weight is 254 g/mol. The summed E-state index contributed by atoms with van der Waals surface area (Å²) >= 11 is 1.89. The summed E-state index contributed by atoms with van der Waals surface area (Å²) in [5.41, 5.74) is 1.09. The summed E-state index contributed by atoms with van der Waals surface area (Å²) in [5, 5.41) is 7.28. The minimum absolute atomic E-state index is 0.679. The zero-order valence-corrected chi connectivity index (χ0v) is 11.9. The Hall–Kier alpha value is -0.970. The number of thioether (sulfide) groups is 1. The maximum Gasteiger partial charge on any atom is 0.134 e. The van der Waals surface area contributed by atoms with E-state index in [2.05, 4.69) is 40.7 Å². The van der Waals surface area contributed by atoms with Crippen molar-refractivity contribution in [3.8, 4) is 0 Å². The van der Waals surface area contributed by atoms with Gasteiger partial charge in [-0.3, -0.25) is 0 Å². The Kier molecular flexibility index (Phi) is 6.11. The Bertz CT molecular complexity index is 343. The molecule has 1 atom stereocenters. The van der Waals surface area contributed by atoms with Crippen LogP contribution in [0.25, 0.3) is 0 Å². The van der Waals surface area contributed by atoms with Gasteiger partial charge >= 0.3 is 0 Å². The van der Waals surface area contributed by atoms with Crippen LogP contribution in [-0.4, -0.2) is 34.6 Å². The van der Waals surface area contributed by atoms with Gasteiger partial charge in [0.1, 0.15) is 18.0 Å². The molecule has 0 saturated heterocycles. The van der Waals surface area contributed by atoms with Crippen molar-refractivity contribution in [2.24, 2.45) is 0 Å². The molecule has 0 spiro atoms. The first-order chi connectivity index (χ1) is 8.19. The van der Waals surface area contributed by atoms with Crippen LogP contribution in [0.2, 0.25) is 0 Å². The highest BCUT2D eigenvalue weighted by Crippen LogP contribution is 2.18. The molecule has 2 N–H and O–H groups in total. The van der Waals surface area contributed by atoms with Gasteiger partial charge in [0, 0.05) is 23.9 Å². The van der Waals surface area contributed by atoms with Crippen LogP contribution in [0.15, 0.2) is 6.33 Å². The molecule has 0 saturated carbocycles. The van der Waals surface area contributed by atoms with Gasteiger partial charge in [-0.25, -0.2) is 9.97 Å². The van der Waals surface area contributed by atoms with Gasteiger partial charge in [-0.2, -0.15) is 11.8 Å². The summed E-state index contributed by atoms with van der Waals surface area (Å²) in [6.45, 7) is 8.17. The fraction of sp³-hybridized carbons (Fsp3) is 0.667. The van der Waals surface area contributed by atoms with Crippen molar-refractivity contribution in [2.75, 3.05) is 30.0 Å². The Balaban J connectivity index is 2.56. The van der Waals surface area contributed by atoms with E-state index in [-0.39, 0.29) is 0 Å². The Morgan fingerprint density at radius 1 is 1.29 bits per heavy atom. The van der Waals surface area contributed by atoms with Crippen molar-refractivity contribution >= 4 is 23.4 Å². The molecule has 0 fully saturated rings. The molecule has 5 heteroatoms. The lowest BCUT2D eigenvalue weighted by atomic mass is 10.3. The normalized spacial score (nSPS) is 12.2. The monoisotopic (exact) mass is 254 g/mol. The van der Waals surface area contributed by atoms with Crippen LogP contribution >= 0.6 is 11.8 Å². The van der Waals surface area contributed by atoms with Crippen LogP contribution in [0.1, 0.15) is 25.8 Å². The van der Waals surface area contributed by atoms with Crippen LogP contribution in [0.5, 0.6) is 0 Å². The van der Waals surface area contributed by atoms with E-state index in [1.54, 1.807) is 6.33 Å². The highest BCUT2D eigenvalue weighted by molar-refractivity contribution is 7.99. The number of rotatable bonds is 7. The molecule has 4 nitrogen and oxygen atoms in total. The SMILES string of the molecule is CCNc1ncnc(NCCC(C)SC)c1C. The van der Waals surface area contributed by atoms with Crippen LogP contribution in [0.4, 0.5) is 11.6 Å². The lowest BCUT2D eigenvalue weighted by molar-refractivity contribution is 0.847. The second-order valence-electron chi connectivity index (χ2n) is 3.99. The molecule has 0 aliphatic rings. The zero-order valence-electron chi connectivity index (χ0n) is 11.1. The van der Waals surface area contributed by atoms with Crippen molar-refractivity contribution in [1.29, 1.82) is 0 Å². The molecule has 0 aliphatic carbocycles. The minimum Gasteiger partial charge on any atom is -0.370 e. The average Bonchev–Trinajstić information content (AvgIpc) is 2.33. The van der Waals surface area contributed by atoms with Crippen LogP contribution in [-0.2, 0) is 0 Å². The van der Waals surface area contributed by atoms with Crippen molar-refractivity contribution in [3.63, 3.8) is 0 Å². The van der Waals surface area contributed by atoms with E-state index in [1.807, 2.05) is 18.7 Å². The maximum atomic E-state index is 4.27. The number of aromatic nitrogens is 2. The molecule has 0 aliphatic heterocycles. The standard InChI is InChI=1S/C12H22N4S/c1-5-13-11-10(3)12(16-8-15-11)14-7-6-9(2)17-4/h8-9H,5-7H2,1-4H3,(H2,13,14,15,16). The maximum absolute atomic E-state index is 4.27. The highest BCUT2D eigenvalue weighted by atomic mass is 32.2. The second kappa shape index (κ2) is 7.37. The summed E-state index contributed by atoms with van der Waals surface area (Å²) in [7, 11) is 0. The largest absolute Gasteiger partial charge is 0.370 e. The molecule has 1 aromatic heterocycles. The predicted octanol–water partition coefficient (Wildman–Crippen LogP) is 2.77. The van der Waals surface area contributed by atoms with Crippen molar-refractivity contribution in [3.05, 3.63) is 11.9 Å². The number of nitrogens with one attached hydrogen (secondary N) is 2. The summed E-state index contributed by atoms with van der Waals surface area (Å²) in [6.07, 6.45) is 4.89. The molecular formula is C12H22N4S. The van der Waals surface area contributed by atoms with Crippen molar-refractivity contribution in [1.82, 2.24) is 9.97 Å². The fourth-order valence-corrected chi connectivity index (χ4v) is 1.84. The third kappa shape index (κ3) is 4.42. The van der Waals surface area contributed by atoms with E-state index < -0.39 is 0 Å².